The predicted molar refractivity (Wildman–Crippen MR) is 88.3 cm³/mol. The number of aliphatic hydroxyl groups excluding tert-OH is 1. The summed E-state index contributed by atoms with van der Waals surface area (Å²) in [4.78, 5) is 12.4. The Kier molecular flexibility index (Phi) is 4.48. The van der Waals surface area contributed by atoms with Gasteiger partial charge in [0.05, 0.1) is 6.10 Å². The quantitative estimate of drug-likeness (QED) is 0.908. The van der Waals surface area contributed by atoms with E-state index in [2.05, 4.69) is 10.4 Å². The molecule has 0 unspecified atom stereocenters. The molecule has 2 N–H and O–H groups in total. The van der Waals surface area contributed by atoms with Gasteiger partial charge in [0.15, 0.2) is 5.69 Å². The number of nitrogens with one attached hydrogen (secondary N) is 1. The zero-order chi connectivity index (χ0) is 16.4. The summed E-state index contributed by atoms with van der Waals surface area (Å²) < 4.78 is 1.82. The van der Waals surface area contributed by atoms with Gasteiger partial charge in [-0.2, -0.15) is 5.10 Å². The van der Waals surface area contributed by atoms with Crippen LogP contribution in [0.2, 0.25) is 0 Å². The zero-order valence-corrected chi connectivity index (χ0v) is 13.7. The molecule has 1 aromatic carbocycles. The Morgan fingerprint density at radius 3 is 2.74 bits per heavy atom. The third kappa shape index (κ3) is 3.29. The molecule has 0 spiro atoms. The molecule has 0 fully saturated rings. The smallest absolute Gasteiger partial charge is 0.272 e. The molecule has 0 aliphatic heterocycles. The minimum absolute atomic E-state index is 0.188. The second kappa shape index (κ2) is 6.54. The number of fused-ring (bicyclic) bond motifs is 1. The number of nitrogens with zero attached hydrogens (tertiary/aromatic N) is 2. The Morgan fingerprint density at radius 2 is 2.00 bits per heavy atom. The molecule has 5 heteroatoms. The second-order valence-electron chi connectivity index (χ2n) is 6.24. The van der Waals surface area contributed by atoms with Crippen LogP contribution in [0, 0.1) is 6.92 Å². The standard InChI is InChI=1S/C18H23N3O2/c1-12-7-9-13(10-8-12)16(22)11-19-18(23)17-14-5-3-4-6-15(14)21(2)20-17/h7-10,16,22H,3-6,11H2,1-2H3,(H,19,23)/t16-/m0/s1. The number of hydrogen-bond acceptors (Lipinski definition) is 3. The number of aromatic nitrogens is 2. The van der Waals surface area contributed by atoms with E-state index in [1.807, 2.05) is 42.9 Å². The van der Waals surface area contributed by atoms with Crippen LogP contribution >= 0.6 is 0 Å². The minimum atomic E-state index is -0.709. The molecule has 0 saturated carbocycles. The van der Waals surface area contributed by atoms with Gasteiger partial charge in [-0.05, 0) is 38.2 Å². The van der Waals surface area contributed by atoms with Gasteiger partial charge in [0, 0.05) is 24.8 Å². The highest BCUT2D eigenvalue weighted by Gasteiger charge is 2.24. The zero-order valence-electron chi connectivity index (χ0n) is 13.7. The first-order valence-electron chi connectivity index (χ1n) is 8.14. The fraction of sp³-hybridized carbons (Fsp3) is 0.444. The van der Waals surface area contributed by atoms with E-state index >= 15 is 0 Å². The molecule has 0 radical (unpaired) electrons. The Bertz CT molecular complexity index is 704. The molecule has 23 heavy (non-hydrogen) atoms. The van der Waals surface area contributed by atoms with Crippen LogP contribution in [0.1, 0.15) is 51.8 Å². The maximum absolute atomic E-state index is 12.4. The highest BCUT2D eigenvalue weighted by Crippen LogP contribution is 2.24. The summed E-state index contributed by atoms with van der Waals surface area (Å²) in [6.45, 7) is 2.19. The Balaban J connectivity index is 1.67. The lowest BCUT2D eigenvalue weighted by atomic mass is 9.95. The first-order valence-corrected chi connectivity index (χ1v) is 8.14. The lowest BCUT2D eigenvalue weighted by molar-refractivity contribution is 0.0909. The number of aliphatic hydroxyl groups is 1. The van der Waals surface area contributed by atoms with Crippen molar-refractivity contribution < 1.29 is 9.90 Å². The number of carbonyl (C=O) groups excluding carboxylic acids is 1. The van der Waals surface area contributed by atoms with Crippen molar-refractivity contribution in [2.24, 2.45) is 7.05 Å². The van der Waals surface area contributed by atoms with Gasteiger partial charge in [-0.3, -0.25) is 9.48 Å². The first kappa shape index (κ1) is 15.7. The Morgan fingerprint density at radius 1 is 1.30 bits per heavy atom. The van der Waals surface area contributed by atoms with Crippen LogP contribution in [-0.4, -0.2) is 27.3 Å². The number of benzene rings is 1. The third-order valence-corrected chi connectivity index (χ3v) is 4.50. The molecule has 5 nitrogen and oxygen atoms in total. The fourth-order valence-electron chi connectivity index (χ4n) is 3.13. The summed E-state index contributed by atoms with van der Waals surface area (Å²) in [5, 5.41) is 17.4. The topological polar surface area (TPSA) is 67.2 Å². The van der Waals surface area contributed by atoms with Gasteiger partial charge in [-0.25, -0.2) is 0 Å². The van der Waals surface area contributed by atoms with Crippen molar-refractivity contribution in [3.05, 3.63) is 52.3 Å². The highest BCUT2D eigenvalue weighted by molar-refractivity contribution is 5.94. The van der Waals surface area contributed by atoms with E-state index in [4.69, 9.17) is 0 Å². The lowest BCUT2D eigenvalue weighted by Crippen LogP contribution is -2.29. The first-order chi connectivity index (χ1) is 11.1. The predicted octanol–water partition coefficient (Wildman–Crippen LogP) is 2.07. The molecule has 3 rings (SSSR count). The number of rotatable bonds is 4. The van der Waals surface area contributed by atoms with Gasteiger partial charge < -0.3 is 10.4 Å². The average molecular weight is 313 g/mol. The van der Waals surface area contributed by atoms with Crippen LogP contribution in [0.15, 0.2) is 24.3 Å². The average Bonchev–Trinajstić information content (AvgIpc) is 2.90. The van der Waals surface area contributed by atoms with E-state index in [9.17, 15) is 9.90 Å². The fourth-order valence-corrected chi connectivity index (χ4v) is 3.13. The number of aryl methyl sites for hydroxylation is 2. The monoisotopic (exact) mass is 313 g/mol. The van der Waals surface area contributed by atoms with Crippen LogP contribution < -0.4 is 5.32 Å². The number of amides is 1. The van der Waals surface area contributed by atoms with Crippen molar-refractivity contribution in [1.82, 2.24) is 15.1 Å². The van der Waals surface area contributed by atoms with Crippen LogP contribution in [-0.2, 0) is 19.9 Å². The SMILES string of the molecule is Cc1ccc([C@@H](O)CNC(=O)c2nn(C)c3c2CCCC3)cc1. The van der Waals surface area contributed by atoms with E-state index in [0.29, 0.717) is 5.69 Å². The van der Waals surface area contributed by atoms with Gasteiger partial charge in [-0.15, -0.1) is 0 Å². The van der Waals surface area contributed by atoms with E-state index in [1.165, 1.54) is 5.69 Å². The van der Waals surface area contributed by atoms with E-state index < -0.39 is 6.10 Å². The Hall–Kier alpha value is -2.14. The molecule has 0 saturated heterocycles. The molecular formula is C18H23N3O2. The molecule has 1 heterocycles. The molecule has 1 amide bonds. The van der Waals surface area contributed by atoms with Crippen LogP contribution in [0.25, 0.3) is 0 Å². The second-order valence-corrected chi connectivity index (χ2v) is 6.24. The molecule has 1 atom stereocenters. The van der Waals surface area contributed by atoms with Crippen molar-refractivity contribution in [3.63, 3.8) is 0 Å². The van der Waals surface area contributed by atoms with Gasteiger partial charge >= 0.3 is 0 Å². The maximum Gasteiger partial charge on any atom is 0.272 e. The van der Waals surface area contributed by atoms with Crippen LogP contribution in [0.4, 0.5) is 0 Å². The largest absolute Gasteiger partial charge is 0.387 e. The van der Waals surface area contributed by atoms with E-state index in [-0.39, 0.29) is 12.5 Å². The molecule has 1 aliphatic rings. The molecule has 122 valence electrons. The summed E-state index contributed by atoms with van der Waals surface area (Å²) in [6, 6.07) is 7.68. The summed E-state index contributed by atoms with van der Waals surface area (Å²) in [5.74, 6) is -0.199. The van der Waals surface area contributed by atoms with Crippen LogP contribution in [0.3, 0.4) is 0 Å². The summed E-state index contributed by atoms with van der Waals surface area (Å²) in [7, 11) is 1.89. The highest BCUT2D eigenvalue weighted by atomic mass is 16.3. The van der Waals surface area contributed by atoms with Crippen molar-refractivity contribution in [3.8, 4) is 0 Å². The van der Waals surface area contributed by atoms with Gasteiger partial charge in [0.2, 0.25) is 0 Å². The summed E-state index contributed by atoms with van der Waals surface area (Å²) in [5.41, 5.74) is 4.70. The molecule has 1 aliphatic carbocycles. The van der Waals surface area contributed by atoms with E-state index in [0.717, 1.165) is 42.4 Å². The molecule has 0 bridgehead atoms. The molecule has 1 aromatic heterocycles. The van der Waals surface area contributed by atoms with Crippen molar-refractivity contribution in [2.45, 2.75) is 38.7 Å². The van der Waals surface area contributed by atoms with Crippen molar-refractivity contribution in [1.29, 1.82) is 0 Å². The number of hydrogen-bond donors (Lipinski definition) is 2. The van der Waals surface area contributed by atoms with Crippen LogP contribution in [0.5, 0.6) is 0 Å². The normalized spacial score (nSPS) is 15.1. The Labute approximate surface area is 136 Å². The van der Waals surface area contributed by atoms with Crippen molar-refractivity contribution in [2.75, 3.05) is 6.54 Å². The molecule has 2 aromatic rings. The summed E-state index contributed by atoms with van der Waals surface area (Å²) >= 11 is 0. The van der Waals surface area contributed by atoms with Crippen molar-refractivity contribution >= 4 is 5.91 Å². The van der Waals surface area contributed by atoms with Gasteiger partial charge in [-0.1, -0.05) is 29.8 Å². The van der Waals surface area contributed by atoms with E-state index in [1.54, 1.807) is 0 Å². The lowest BCUT2D eigenvalue weighted by Gasteiger charge is -2.14. The minimum Gasteiger partial charge on any atom is -0.387 e. The number of carbonyl (C=O) groups is 1. The van der Waals surface area contributed by atoms with Gasteiger partial charge in [0.25, 0.3) is 5.91 Å². The van der Waals surface area contributed by atoms with Gasteiger partial charge in [0.1, 0.15) is 0 Å². The third-order valence-electron chi connectivity index (χ3n) is 4.50. The summed E-state index contributed by atoms with van der Waals surface area (Å²) in [6.07, 6.45) is 3.44. The maximum atomic E-state index is 12.4. The molecular weight excluding hydrogens is 290 g/mol.